The molecular formula is C19H25N3O7. The number of nitrogens with one attached hydrogen (secondary N) is 1. The second-order valence-electron chi connectivity index (χ2n) is 7.00. The van der Waals surface area contributed by atoms with E-state index >= 15 is 0 Å². The molecule has 1 saturated heterocycles. The number of aromatic hydroxyl groups is 1. The Morgan fingerprint density at radius 2 is 1.83 bits per heavy atom. The number of carboxylic acids is 2. The maximum absolute atomic E-state index is 12.7. The summed E-state index contributed by atoms with van der Waals surface area (Å²) < 4.78 is 0. The smallest absolute Gasteiger partial charge is 0.326 e. The van der Waals surface area contributed by atoms with E-state index in [0.717, 1.165) is 5.56 Å². The summed E-state index contributed by atoms with van der Waals surface area (Å²) in [5.41, 5.74) is 6.77. The van der Waals surface area contributed by atoms with E-state index < -0.39 is 48.3 Å². The quantitative estimate of drug-likeness (QED) is 0.371. The first kappa shape index (κ1) is 22.2. The lowest BCUT2D eigenvalue weighted by Crippen LogP contribution is -2.54. The normalized spacial score (nSPS) is 18.1. The van der Waals surface area contributed by atoms with Crippen LogP contribution in [-0.4, -0.2) is 68.6 Å². The minimum Gasteiger partial charge on any atom is -0.508 e. The van der Waals surface area contributed by atoms with Crippen molar-refractivity contribution in [1.82, 2.24) is 10.2 Å². The van der Waals surface area contributed by atoms with Gasteiger partial charge < -0.3 is 31.3 Å². The number of carboxylic acid groups (broad SMARTS) is 2. The molecule has 0 aromatic heterocycles. The molecule has 0 saturated carbocycles. The van der Waals surface area contributed by atoms with Gasteiger partial charge in [-0.05, 0) is 43.4 Å². The molecule has 1 fully saturated rings. The van der Waals surface area contributed by atoms with E-state index in [1.165, 1.54) is 17.0 Å². The first-order valence-electron chi connectivity index (χ1n) is 9.28. The van der Waals surface area contributed by atoms with Crippen molar-refractivity contribution in [3.8, 4) is 5.75 Å². The van der Waals surface area contributed by atoms with E-state index in [2.05, 4.69) is 5.32 Å². The highest BCUT2D eigenvalue weighted by atomic mass is 16.4. The van der Waals surface area contributed by atoms with E-state index in [4.69, 9.17) is 10.8 Å². The summed E-state index contributed by atoms with van der Waals surface area (Å²) in [5.74, 6) is -3.46. The number of carbonyl (C=O) groups is 4. The molecule has 0 radical (unpaired) electrons. The zero-order valence-corrected chi connectivity index (χ0v) is 15.8. The van der Waals surface area contributed by atoms with E-state index in [9.17, 15) is 29.4 Å². The Kier molecular flexibility index (Phi) is 7.54. The first-order chi connectivity index (χ1) is 13.7. The van der Waals surface area contributed by atoms with Gasteiger partial charge in [0.25, 0.3) is 0 Å². The van der Waals surface area contributed by atoms with Gasteiger partial charge in [0.05, 0.1) is 6.04 Å². The van der Waals surface area contributed by atoms with Crippen molar-refractivity contribution in [3.63, 3.8) is 0 Å². The van der Waals surface area contributed by atoms with Gasteiger partial charge in [-0.2, -0.15) is 0 Å². The second-order valence-corrected chi connectivity index (χ2v) is 7.00. The van der Waals surface area contributed by atoms with Crippen LogP contribution in [0.2, 0.25) is 0 Å². The van der Waals surface area contributed by atoms with Crippen molar-refractivity contribution in [1.29, 1.82) is 0 Å². The van der Waals surface area contributed by atoms with Gasteiger partial charge in [0.2, 0.25) is 11.8 Å². The van der Waals surface area contributed by atoms with E-state index in [1.807, 2.05) is 0 Å². The number of nitrogens with two attached hydrogens (primary N) is 1. The molecule has 1 aliphatic heterocycles. The van der Waals surface area contributed by atoms with Gasteiger partial charge >= 0.3 is 11.9 Å². The predicted molar refractivity (Wildman–Crippen MR) is 101 cm³/mol. The van der Waals surface area contributed by atoms with Gasteiger partial charge in [-0.25, -0.2) is 4.79 Å². The molecule has 10 nitrogen and oxygen atoms in total. The van der Waals surface area contributed by atoms with Crippen molar-refractivity contribution in [2.45, 2.75) is 50.2 Å². The van der Waals surface area contributed by atoms with Crippen LogP contribution in [0.4, 0.5) is 0 Å². The first-order valence-corrected chi connectivity index (χ1v) is 9.28. The molecule has 1 aliphatic rings. The Hall–Kier alpha value is -3.14. The second kappa shape index (κ2) is 9.87. The van der Waals surface area contributed by atoms with Gasteiger partial charge in [0.1, 0.15) is 17.8 Å². The standard InChI is InChI=1S/C19H25N3O7/c20-13(10-11-3-5-12(23)6-4-11)18(27)22-9-1-2-15(22)17(26)21-14(19(28)29)7-8-16(24)25/h3-6,13-15,23H,1-2,7-10,20H2,(H,21,26)(H,24,25)(H,28,29)/t13-,14-,15-/m0/s1. The van der Waals surface area contributed by atoms with Gasteiger partial charge in [0.15, 0.2) is 0 Å². The number of hydrogen-bond acceptors (Lipinski definition) is 6. The molecule has 1 heterocycles. The van der Waals surface area contributed by atoms with Crippen molar-refractivity contribution in [3.05, 3.63) is 29.8 Å². The topological polar surface area (TPSA) is 170 Å². The highest BCUT2D eigenvalue weighted by Gasteiger charge is 2.37. The van der Waals surface area contributed by atoms with Crippen molar-refractivity contribution < 1.29 is 34.5 Å². The van der Waals surface area contributed by atoms with Crippen LogP contribution in [-0.2, 0) is 25.6 Å². The number of phenolic OH excluding ortho intramolecular Hbond substituents is 1. The Morgan fingerprint density at radius 3 is 2.41 bits per heavy atom. The fourth-order valence-corrected chi connectivity index (χ4v) is 3.28. The average molecular weight is 407 g/mol. The molecule has 158 valence electrons. The summed E-state index contributed by atoms with van der Waals surface area (Å²) in [7, 11) is 0. The summed E-state index contributed by atoms with van der Waals surface area (Å²) in [6.07, 6.45) is 0.511. The molecule has 2 amide bonds. The van der Waals surface area contributed by atoms with E-state index in [1.54, 1.807) is 12.1 Å². The van der Waals surface area contributed by atoms with Crippen LogP contribution < -0.4 is 11.1 Å². The van der Waals surface area contributed by atoms with E-state index in [0.29, 0.717) is 19.4 Å². The summed E-state index contributed by atoms with van der Waals surface area (Å²) in [4.78, 5) is 48.6. The third-order valence-corrected chi connectivity index (χ3v) is 4.81. The van der Waals surface area contributed by atoms with Crippen molar-refractivity contribution in [2.24, 2.45) is 5.73 Å². The zero-order chi connectivity index (χ0) is 21.6. The number of aliphatic carboxylic acids is 2. The SMILES string of the molecule is N[C@@H](Cc1ccc(O)cc1)C(=O)N1CCC[C@H]1C(=O)N[C@@H](CCC(=O)O)C(=O)O. The molecule has 0 bridgehead atoms. The average Bonchev–Trinajstić information content (AvgIpc) is 3.15. The maximum atomic E-state index is 12.7. The number of likely N-dealkylation sites (tertiary alicyclic amines) is 1. The molecule has 6 N–H and O–H groups in total. The number of carbonyl (C=O) groups excluding carboxylic acids is 2. The zero-order valence-electron chi connectivity index (χ0n) is 15.8. The van der Waals surface area contributed by atoms with Crippen LogP contribution in [0.15, 0.2) is 24.3 Å². The fraction of sp³-hybridized carbons (Fsp3) is 0.474. The lowest BCUT2D eigenvalue weighted by molar-refractivity contribution is -0.144. The third-order valence-electron chi connectivity index (χ3n) is 4.81. The number of benzene rings is 1. The minimum atomic E-state index is -1.35. The van der Waals surface area contributed by atoms with Crippen LogP contribution in [0.5, 0.6) is 5.75 Å². The summed E-state index contributed by atoms with van der Waals surface area (Å²) in [6, 6.07) is 3.19. The summed E-state index contributed by atoms with van der Waals surface area (Å²) in [5, 5.41) is 29.6. The highest BCUT2D eigenvalue weighted by Crippen LogP contribution is 2.20. The monoisotopic (exact) mass is 407 g/mol. The molecule has 3 atom stereocenters. The van der Waals surface area contributed by atoms with Crippen LogP contribution in [0, 0.1) is 0 Å². The Labute approximate surface area is 167 Å². The number of nitrogens with zero attached hydrogens (tertiary/aromatic N) is 1. The molecule has 0 aliphatic carbocycles. The van der Waals surface area contributed by atoms with Gasteiger partial charge in [-0.3, -0.25) is 14.4 Å². The van der Waals surface area contributed by atoms with Gasteiger partial charge in [0, 0.05) is 13.0 Å². The number of rotatable bonds is 9. The van der Waals surface area contributed by atoms with Crippen LogP contribution in [0.3, 0.4) is 0 Å². The highest BCUT2D eigenvalue weighted by molar-refractivity contribution is 5.92. The van der Waals surface area contributed by atoms with Gasteiger partial charge in [-0.1, -0.05) is 12.1 Å². The summed E-state index contributed by atoms with van der Waals surface area (Å²) in [6.45, 7) is 0.326. The Balaban J connectivity index is 2.00. The molecule has 10 heteroatoms. The summed E-state index contributed by atoms with van der Waals surface area (Å²) >= 11 is 0. The molecule has 1 aromatic carbocycles. The molecule has 29 heavy (non-hydrogen) atoms. The number of amides is 2. The molecule has 0 spiro atoms. The molecule has 2 rings (SSSR count). The van der Waals surface area contributed by atoms with Gasteiger partial charge in [-0.15, -0.1) is 0 Å². The lowest BCUT2D eigenvalue weighted by atomic mass is 10.0. The Morgan fingerprint density at radius 1 is 1.17 bits per heavy atom. The molecule has 1 aromatic rings. The lowest BCUT2D eigenvalue weighted by Gasteiger charge is -2.27. The Bertz CT molecular complexity index is 766. The van der Waals surface area contributed by atoms with Crippen LogP contribution in [0.1, 0.15) is 31.2 Å². The largest absolute Gasteiger partial charge is 0.508 e. The maximum Gasteiger partial charge on any atom is 0.326 e. The number of phenols is 1. The number of hydrogen-bond donors (Lipinski definition) is 5. The van der Waals surface area contributed by atoms with Crippen molar-refractivity contribution in [2.75, 3.05) is 6.54 Å². The predicted octanol–water partition coefficient (Wildman–Crippen LogP) is -0.313. The molecule has 0 unspecified atom stereocenters. The minimum absolute atomic E-state index is 0.0980. The third kappa shape index (κ3) is 6.18. The van der Waals surface area contributed by atoms with Crippen LogP contribution in [0.25, 0.3) is 0 Å². The van der Waals surface area contributed by atoms with E-state index in [-0.39, 0.29) is 18.6 Å². The fourth-order valence-electron chi connectivity index (χ4n) is 3.28. The molecular weight excluding hydrogens is 382 g/mol. The van der Waals surface area contributed by atoms with Crippen molar-refractivity contribution >= 4 is 23.8 Å². The van der Waals surface area contributed by atoms with Crippen LogP contribution >= 0.6 is 0 Å².